The highest BCUT2D eigenvalue weighted by Crippen LogP contribution is 2.18. The number of rotatable bonds is 7. The van der Waals surface area contributed by atoms with Crippen LogP contribution in [-0.2, 0) is 16.1 Å². The number of carbonyl (C=O) groups is 3. The molecule has 0 bridgehead atoms. The second kappa shape index (κ2) is 8.28. The molecular weight excluding hydrogens is 334 g/mol. The van der Waals surface area contributed by atoms with Crippen LogP contribution in [0.3, 0.4) is 0 Å². The van der Waals surface area contributed by atoms with Gasteiger partial charge in [-0.05, 0) is 23.6 Å². The number of nitrogens with one attached hydrogen (secondary N) is 2. The van der Waals surface area contributed by atoms with Gasteiger partial charge in [-0.2, -0.15) is 0 Å². The van der Waals surface area contributed by atoms with Crippen LogP contribution in [-0.4, -0.2) is 46.8 Å². The van der Waals surface area contributed by atoms with Gasteiger partial charge in [-0.15, -0.1) is 0 Å². The summed E-state index contributed by atoms with van der Waals surface area (Å²) in [7, 11) is 2.96. The minimum atomic E-state index is -0.545. The normalized spacial score (nSPS) is 10.5. The van der Waals surface area contributed by atoms with Gasteiger partial charge >= 0.3 is 0 Å². The molecule has 0 fully saturated rings. The Morgan fingerprint density at radius 1 is 1.27 bits per heavy atom. The van der Waals surface area contributed by atoms with E-state index in [1.807, 2.05) is 24.3 Å². The van der Waals surface area contributed by atoms with Crippen molar-refractivity contribution in [2.24, 2.45) is 0 Å². The average molecular weight is 357 g/mol. The number of carbonyl (C=O) groups excluding carboxylic acids is 3. The summed E-state index contributed by atoms with van der Waals surface area (Å²) < 4.78 is 1.41. The molecular formula is C18H23N5O3. The predicted molar refractivity (Wildman–Crippen MR) is 99.1 cm³/mol. The van der Waals surface area contributed by atoms with E-state index in [2.05, 4.69) is 29.5 Å². The molecule has 0 saturated carbocycles. The van der Waals surface area contributed by atoms with Crippen LogP contribution in [0.5, 0.6) is 0 Å². The van der Waals surface area contributed by atoms with Gasteiger partial charge in [-0.25, -0.2) is 4.98 Å². The van der Waals surface area contributed by atoms with Crippen LogP contribution in [0.25, 0.3) is 0 Å². The lowest BCUT2D eigenvalue weighted by atomic mass is 10.0. The molecule has 2 rings (SSSR count). The van der Waals surface area contributed by atoms with Gasteiger partial charge < -0.3 is 15.2 Å². The van der Waals surface area contributed by atoms with Crippen molar-refractivity contribution >= 4 is 29.7 Å². The van der Waals surface area contributed by atoms with Crippen LogP contribution in [0.2, 0.25) is 0 Å². The molecule has 138 valence electrons. The van der Waals surface area contributed by atoms with Gasteiger partial charge in [0.15, 0.2) is 11.5 Å². The number of amides is 3. The Hall–Kier alpha value is -3.16. The SMILES string of the molecule is CNc1ncn(CC(=O)Nc2ccc(C(C)C)cc2)c1C(=O)N(C)C=O. The summed E-state index contributed by atoms with van der Waals surface area (Å²) in [6.07, 6.45) is 1.80. The Bertz CT molecular complexity index is 796. The summed E-state index contributed by atoms with van der Waals surface area (Å²) in [5.74, 6) is -0.132. The van der Waals surface area contributed by atoms with Crippen molar-refractivity contribution in [2.45, 2.75) is 26.3 Å². The highest BCUT2D eigenvalue weighted by Gasteiger charge is 2.22. The molecule has 26 heavy (non-hydrogen) atoms. The summed E-state index contributed by atoms with van der Waals surface area (Å²) in [5.41, 5.74) is 2.00. The molecule has 0 atom stereocenters. The van der Waals surface area contributed by atoms with Crippen molar-refractivity contribution in [3.63, 3.8) is 0 Å². The third-order valence-electron chi connectivity index (χ3n) is 3.93. The standard InChI is InChI=1S/C18H23N5O3/c1-12(2)13-5-7-14(8-6-13)21-15(25)9-23-10-20-17(19-3)16(23)18(26)22(4)11-24/h5-8,10-12,19H,9H2,1-4H3,(H,21,25). The van der Waals surface area contributed by atoms with Crippen molar-refractivity contribution in [3.05, 3.63) is 41.9 Å². The molecule has 0 unspecified atom stereocenters. The number of hydrogen-bond acceptors (Lipinski definition) is 5. The molecule has 8 heteroatoms. The number of anilines is 2. The van der Waals surface area contributed by atoms with Crippen molar-refractivity contribution < 1.29 is 14.4 Å². The van der Waals surface area contributed by atoms with Crippen LogP contribution in [0.1, 0.15) is 35.8 Å². The van der Waals surface area contributed by atoms with Crippen molar-refractivity contribution in [1.29, 1.82) is 0 Å². The summed E-state index contributed by atoms with van der Waals surface area (Å²) >= 11 is 0. The van der Waals surface area contributed by atoms with E-state index in [1.54, 1.807) is 7.05 Å². The van der Waals surface area contributed by atoms with Crippen molar-refractivity contribution in [3.8, 4) is 0 Å². The highest BCUT2D eigenvalue weighted by molar-refractivity contribution is 6.02. The quantitative estimate of drug-likeness (QED) is 0.738. The molecule has 2 N–H and O–H groups in total. The van der Waals surface area contributed by atoms with E-state index in [-0.39, 0.29) is 18.1 Å². The van der Waals surface area contributed by atoms with Crippen LogP contribution < -0.4 is 10.6 Å². The zero-order valence-corrected chi connectivity index (χ0v) is 15.3. The van der Waals surface area contributed by atoms with E-state index in [0.29, 0.717) is 23.8 Å². The van der Waals surface area contributed by atoms with E-state index in [4.69, 9.17) is 0 Å². The fourth-order valence-corrected chi connectivity index (χ4v) is 2.43. The Labute approximate surface area is 152 Å². The summed E-state index contributed by atoms with van der Waals surface area (Å²) in [6.45, 7) is 4.09. The number of imidazole rings is 1. The van der Waals surface area contributed by atoms with Crippen LogP contribution in [0, 0.1) is 0 Å². The van der Waals surface area contributed by atoms with Crippen LogP contribution in [0.15, 0.2) is 30.6 Å². The second-order valence-electron chi connectivity index (χ2n) is 6.17. The largest absolute Gasteiger partial charge is 0.371 e. The molecule has 1 heterocycles. The van der Waals surface area contributed by atoms with Gasteiger partial charge in [-0.1, -0.05) is 26.0 Å². The molecule has 1 aromatic heterocycles. The maximum absolute atomic E-state index is 12.3. The van der Waals surface area contributed by atoms with Gasteiger partial charge in [0, 0.05) is 19.8 Å². The van der Waals surface area contributed by atoms with E-state index in [0.717, 1.165) is 4.90 Å². The summed E-state index contributed by atoms with van der Waals surface area (Å²) in [5, 5.41) is 5.58. The third kappa shape index (κ3) is 4.27. The number of aromatic nitrogens is 2. The first-order chi connectivity index (χ1) is 12.4. The number of hydrogen-bond donors (Lipinski definition) is 2. The minimum Gasteiger partial charge on any atom is -0.371 e. The smallest absolute Gasteiger partial charge is 0.280 e. The van der Waals surface area contributed by atoms with E-state index < -0.39 is 5.91 Å². The fourth-order valence-electron chi connectivity index (χ4n) is 2.43. The number of benzene rings is 1. The molecule has 1 aromatic carbocycles. The van der Waals surface area contributed by atoms with Gasteiger partial charge in [0.05, 0.1) is 6.33 Å². The lowest BCUT2D eigenvalue weighted by Crippen LogP contribution is -2.29. The van der Waals surface area contributed by atoms with E-state index in [9.17, 15) is 14.4 Å². The van der Waals surface area contributed by atoms with Crippen LogP contribution in [0.4, 0.5) is 11.5 Å². The summed E-state index contributed by atoms with van der Waals surface area (Å²) in [4.78, 5) is 40.5. The molecule has 3 amide bonds. The first-order valence-electron chi connectivity index (χ1n) is 8.22. The van der Waals surface area contributed by atoms with Crippen molar-refractivity contribution in [2.75, 3.05) is 24.7 Å². The molecule has 2 aromatic rings. The fraction of sp³-hybridized carbons (Fsp3) is 0.333. The number of imide groups is 1. The highest BCUT2D eigenvalue weighted by atomic mass is 16.2. The Balaban J connectivity index is 2.15. The van der Waals surface area contributed by atoms with Gasteiger partial charge in [0.2, 0.25) is 12.3 Å². The molecule has 0 aliphatic rings. The monoisotopic (exact) mass is 357 g/mol. The average Bonchev–Trinajstić information content (AvgIpc) is 3.03. The number of nitrogens with zero attached hydrogens (tertiary/aromatic N) is 3. The third-order valence-corrected chi connectivity index (χ3v) is 3.93. The Morgan fingerprint density at radius 3 is 2.46 bits per heavy atom. The minimum absolute atomic E-state index is 0.103. The van der Waals surface area contributed by atoms with E-state index in [1.165, 1.54) is 23.5 Å². The lowest BCUT2D eigenvalue weighted by Gasteiger charge is -2.13. The molecule has 0 spiro atoms. The molecule has 0 aliphatic heterocycles. The van der Waals surface area contributed by atoms with Crippen LogP contribution >= 0.6 is 0 Å². The van der Waals surface area contributed by atoms with Gasteiger partial charge in [0.1, 0.15) is 6.54 Å². The van der Waals surface area contributed by atoms with Crippen molar-refractivity contribution in [1.82, 2.24) is 14.5 Å². The predicted octanol–water partition coefficient (Wildman–Crippen LogP) is 1.92. The lowest BCUT2D eigenvalue weighted by molar-refractivity contribution is -0.116. The van der Waals surface area contributed by atoms with E-state index >= 15 is 0 Å². The maximum atomic E-state index is 12.3. The zero-order valence-electron chi connectivity index (χ0n) is 15.3. The molecule has 0 radical (unpaired) electrons. The Morgan fingerprint density at radius 2 is 1.92 bits per heavy atom. The topological polar surface area (TPSA) is 96.3 Å². The first kappa shape index (κ1) is 19.2. The molecule has 0 aliphatic carbocycles. The molecule has 0 saturated heterocycles. The van der Waals surface area contributed by atoms with Gasteiger partial charge in [-0.3, -0.25) is 19.3 Å². The second-order valence-corrected chi connectivity index (χ2v) is 6.17. The maximum Gasteiger partial charge on any atom is 0.280 e. The molecule has 8 nitrogen and oxygen atoms in total. The first-order valence-corrected chi connectivity index (χ1v) is 8.22. The zero-order chi connectivity index (χ0) is 19.3. The summed E-state index contributed by atoms with van der Waals surface area (Å²) in [6, 6.07) is 7.61. The Kier molecular flexibility index (Phi) is 6.11. The van der Waals surface area contributed by atoms with Gasteiger partial charge in [0.25, 0.3) is 5.91 Å².